The van der Waals surface area contributed by atoms with Gasteiger partial charge in [0.15, 0.2) is 6.10 Å². The second-order valence-corrected chi connectivity index (χ2v) is 26.0. The Labute approximate surface area is 519 Å². The van der Waals surface area contributed by atoms with E-state index < -0.39 is 26.5 Å². The van der Waals surface area contributed by atoms with Gasteiger partial charge in [-0.25, -0.2) is 4.57 Å². The summed E-state index contributed by atoms with van der Waals surface area (Å²) in [6, 6.07) is 0. The molecule has 0 aliphatic carbocycles. The van der Waals surface area contributed by atoms with Crippen LogP contribution in [0, 0.1) is 0 Å². The average molecular weight is 1200 g/mol. The van der Waals surface area contributed by atoms with E-state index in [4.69, 9.17) is 18.5 Å². The molecule has 0 saturated carbocycles. The fourth-order valence-corrected chi connectivity index (χ4v) is 10.5. The zero-order valence-electron chi connectivity index (χ0n) is 55.4. The van der Waals surface area contributed by atoms with Crippen molar-refractivity contribution < 1.29 is 42.1 Å². The Morgan fingerprint density at radius 1 is 0.381 bits per heavy atom. The number of phosphoric ester groups is 1. The predicted octanol–water partition coefficient (Wildman–Crippen LogP) is 22.7. The summed E-state index contributed by atoms with van der Waals surface area (Å²) >= 11 is 0. The largest absolute Gasteiger partial charge is 0.472 e. The van der Waals surface area contributed by atoms with Crippen LogP contribution in [0.15, 0.2) is 97.2 Å². The quantitative estimate of drug-likeness (QED) is 0.0211. The minimum absolute atomic E-state index is 0.0302. The van der Waals surface area contributed by atoms with Crippen LogP contribution in [0.4, 0.5) is 0 Å². The summed E-state index contributed by atoms with van der Waals surface area (Å²) in [5.41, 5.74) is 0. The minimum Gasteiger partial charge on any atom is -0.462 e. The van der Waals surface area contributed by atoms with Crippen LogP contribution in [0.25, 0.3) is 0 Å². The van der Waals surface area contributed by atoms with Gasteiger partial charge in [-0.05, 0) is 96.3 Å². The lowest BCUT2D eigenvalue weighted by Gasteiger charge is -2.24. The van der Waals surface area contributed by atoms with E-state index in [0.29, 0.717) is 17.4 Å². The van der Waals surface area contributed by atoms with Gasteiger partial charge in [-0.15, -0.1) is 0 Å². The smallest absolute Gasteiger partial charge is 0.462 e. The van der Waals surface area contributed by atoms with Crippen LogP contribution in [0.5, 0.6) is 0 Å². The van der Waals surface area contributed by atoms with Crippen LogP contribution in [0.3, 0.4) is 0 Å². The Morgan fingerprint density at radius 3 is 1.02 bits per heavy atom. The molecule has 0 spiro atoms. The molecule has 0 aromatic heterocycles. The third-order valence-electron chi connectivity index (χ3n) is 15.1. The van der Waals surface area contributed by atoms with Crippen LogP contribution >= 0.6 is 7.82 Å². The molecule has 0 radical (unpaired) electrons. The maximum absolute atomic E-state index is 12.9. The number of unbranched alkanes of at least 4 members (excludes halogenated alkanes) is 34. The van der Waals surface area contributed by atoms with Gasteiger partial charge >= 0.3 is 19.8 Å². The molecule has 0 aliphatic heterocycles. The zero-order chi connectivity index (χ0) is 61.2. The molecule has 0 saturated heterocycles. The molecule has 486 valence electrons. The van der Waals surface area contributed by atoms with Crippen molar-refractivity contribution in [1.82, 2.24) is 0 Å². The number of phosphoric acid groups is 1. The van der Waals surface area contributed by atoms with Crippen molar-refractivity contribution in [2.75, 3.05) is 47.5 Å². The van der Waals surface area contributed by atoms with Gasteiger partial charge in [0, 0.05) is 12.8 Å². The molecule has 0 amide bonds. The molecule has 2 unspecified atom stereocenters. The van der Waals surface area contributed by atoms with E-state index in [1.54, 1.807) is 0 Å². The number of allylic oxidation sites excluding steroid dienone is 16. The first kappa shape index (κ1) is 80.9. The molecule has 84 heavy (non-hydrogen) atoms. The van der Waals surface area contributed by atoms with Crippen molar-refractivity contribution in [3.8, 4) is 0 Å². The van der Waals surface area contributed by atoms with Crippen molar-refractivity contribution in [3.05, 3.63) is 97.2 Å². The number of hydrogen-bond acceptors (Lipinski definition) is 7. The monoisotopic (exact) mass is 1190 g/mol. The van der Waals surface area contributed by atoms with Crippen LogP contribution in [-0.2, 0) is 32.7 Å². The van der Waals surface area contributed by atoms with E-state index in [1.165, 1.54) is 199 Å². The molecule has 0 heterocycles. The number of quaternary nitrogens is 1. The number of hydrogen-bond donors (Lipinski definition) is 1. The van der Waals surface area contributed by atoms with Crippen molar-refractivity contribution in [2.45, 2.75) is 315 Å². The van der Waals surface area contributed by atoms with E-state index in [9.17, 15) is 19.0 Å². The number of nitrogens with zero attached hydrogens (tertiary/aromatic N) is 1. The van der Waals surface area contributed by atoms with Crippen molar-refractivity contribution in [3.63, 3.8) is 0 Å². The fraction of sp³-hybridized carbons (Fsp3) is 0.757. The summed E-state index contributed by atoms with van der Waals surface area (Å²) in [5.74, 6) is -0.790. The topological polar surface area (TPSA) is 108 Å². The highest BCUT2D eigenvalue weighted by Gasteiger charge is 2.27. The number of carbonyl (C=O) groups excluding carboxylic acids is 2. The molecule has 9 nitrogen and oxygen atoms in total. The standard InChI is InChI=1S/C74H132NO8P/c1-6-8-10-12-14-16-18-20-22-24-26-28-29-30-31-32-33-34-35-36-37-38-39-40-41-42-43-44-45-47-49-51-53-55-57-59-61-63-65-67-74(77)83-72(71-82-84(78,79)81-69-68-75(3,4)5)70-80-73(76)66-64-62-60-58-56-54-52-50-48-46-27-25-23-21-19-17-15-13-11-9-7-2/h8,10,14,16,20,22,25-28,30-31,33-34,36-37,72H,6-7,9,11-13,15,17-19,21,23-24,29,32,35,38-71H2,1-5H3/p+1/b10-8-,16-14-,22-20-,27-25-,28-26-,31-30-,34-33-,37-36-. The number of ether oxygens (including phenoxy) is 2. The lowest BCUT2D eigenvalue weighted by molar-refractivity contribution is -0.870. The van der Waals surface area contributed by atoms with Gasteiger partial charge in [0.05, 0.1) is 27.7 Å². The van der Waals surface area contributed by atoms with Crippen molar-refractivity contribution in [2.24, 2.45) is 0 Å². The Hall–Kier alpha value is -3.07. The van der Waals surface area contributed by atoms with Gasteiger partial charge in [0.2, 0.25) is 0 Å². The molecule has 0 fully saturated rings. The number of carbonyl (C=O) groups is 2. The van der Waals surface area contributed by atoms with Crippen molar-refractivity contribution >= 4 is 19.8 Å². The van der Waals surface area contributed by atoms with E-state index in [-0.39, 0.29) is 32.0 Å². The molecule has 1 N–H and O–H groups in total. The molecule has 0 aliphatic rings. The van der Waals surface area contributed by atoms with Gasteiger partial charge in [-0.3, -0.25) is 18.6 Å². The number of likely N-dealkylation sites (N-methyl/N-ethyl adjacent to an activating group) is 1. The Kier molecular flexibility index (Phi) is 62.1. The molecule has 2 atom stereocenters. The first-order chi connectivity index (χ1) is 41.0. The second-order valence-electron chi connectivity index (χ2n) is 24.5. The number of esters is 2. The predicted molar refractivity (Wildman–Crippen MR) is 362 cm³/mol. The summed E-state index contributed by atoms with van der Waals surface area (Å²) in [4.78, 5) is 35.8. The summed E-state index contributed by atoms with van der Waals surface area (Å²) in [5, 5.41) is 0. The first-order valence-corrected chi connectivity index (χ1v) is 36.5. The highest BCUT2D eigenvalue weighted by atomic mass is 31.2. The molecule has 0 aromatic rings. The summed E-state index contributed by atoms with van der Waals surface area (Å²) in [6.07, 6.45) is 89.4. The third-order valence-corrected chi connectivity index (χ3v) is 16.1. The van der Waals surface area contributed by atoms with Crippen LogP contribution in [-0.4, -0.2) is 74.9 Å². The SMILES string of the molecule is CC/C=C\C/C=C\C/C=C\C/C=C\C/C=C\C/C=C\C/C=C\CCCCCCCCCCCCCCCCCCCC(=O)OC(COC(=O)CCCCCCCCCCC/C=C\CCCCCCCCCC)COP(=O)(O)OCC[N+](C)(C)C. The second kappa shape index (κ2) is 64.4. The first-order valence-electron chi connectivity index (χ1n) is 35.0. The zero-order valence-corrected chi connectivity index (χ0v) is 56.3. The molecule has 0 rings (SSSR count). The van der Waals surface area contributed by atoms with E-state index in [1.807, 2.05) is 21.1 Å². The van der Waals surface area contributed by atoms with Crippen molar-refractivity contribution in [1.29, 1.82) is 0 Å². The lowest BCUT2D eigenvalue weighted by atomic mass is 10.0. The van der Waals surface area contributed by atoms with E-state index >= 15 is 0 Å². The van der Waals surface area contributed by atoms with Gasteiger partial charge < -0.3 is 18.9 Å². The fourth-order valence-electron chi connectivity index (χ4n) is 9.76. The van der Waals surface area contributed by atoms with Crippen LogP contribution in [0.2, 0.25) is 0 Å². The summed E-state index contributed by atoms with van der Waals surface area (Å²) in [6.45, 7) is 4.35. The minimum atomic E-state index is -4.39. The molecule has 10 heteroatoms. The van der Waals surface area contributed by atoms with Crippen LogP contribution in [0.1, 0.15) is 309 Å². The molecular weight excluding hydrogens is 1060 g/mol. The van der Waals surface area contributed by atoms with E-state index in [2.05, 4.69) is 111 Å². The maximum atomic E-state index is 12.9. The Bertz CT molecular complexity index is 1740. The Balaban J connectivity index is 4.00. The molecule has 0 aromatic carbocycles. The Morgan fingerprint density at radius 2 is 0.679 bits per heavy atom. The van der Waals surface area contributed by atoms with Gasteiger partial charge in [-0.1, -0.05) is 297 Å². The highest BCUT2D eigenvalue weighted by molar-refractivity contribution is 7.47. The summed E-state index contributed by atoms with van der Waals surface area (Å²) < 4.78 is 34.7. The summed E-state index contributed by atoms with van der Waals surface area (Å²) in [7, 11) is 1.48. The number of rotatable bonds is 64. The van der Waals surface area contributed by atoms with E-state index in [0.717, 1.165) is 77.0 Å². The van der Waals surface area contributed by atoms with Gasteiger partial charge in [-0.2, -0.15) is 0 Å². The van der Waals surface area contributed by atoms with Crippen LogP contribution < -0.4 is 0 Å². The molecular formula is C74H133NO8P+. The third kappa shape index (κ3) is 68.0. The van der Waals surface area contributed by atoms with Gasteiger partial charge in [0.1, 0.15) is 19.8 Å². The van der Waals surface area contributed by atoms with Gasteiger partial charge in [0.25, 0.3) is 0 Å². The normalized spacial score (nSPS) is 13.7. The maximum Gasteiger partial charge on any atom is 0.472 e. The molecule has 0 bridgehead atoms. The lowest BCUT2D eigenvalue weighted by Crippen LogP contribution is -2.37. The average Bonchev–Trinajstić information content (AvgIpc) is 3.61. The highest BCUT2D eigenvalue weighted by Crippen LogP contribution is 2.43.